The van der Waals surface area contributed by atoms with Crippen LogP contribution in [0.1, 0.15) is 61.5 Å². The molecular formula is C24H33NO5S. The first-order valence-electron chi connectivity index (χ1n) is 10.6. The fraction of sp³-hybridized carbons (Fsp3) is 0.458. The summed E-state index contributed by atoms with van der Waals surface area (Å²) < 4.78 is 33.5. The average molecular weight is 448 g/mol. The van der Waals surface area contributed by atoms with Crippen LogP contribution in [0.5, 0.6) is 11.5 Å². The number of ether oxygens (including phenoxy) is 1. The summed E-state index contributed by atoms with van der Waals surface area (Å²) >= 11 is 0. The van der Waals surface area contributed by atoms with E-state index in [9.17, 15) is 13.2 Å². The molecule has 0 N–H and O–H groups in total. The van der Waals surface area contributed by atoms with Gasteiger partial charge in [0.25, 0.3) is 5.91 Å². The Morgan fingerprint density at radius 2 is 1.68 bits per heavy atom. The molecule has 170 valence electrons. The Morgan fingerprint density at radius 1 is 1.03 bits per heavy atom. The van der Waals surface area contributed by atoms with Crippen molar-refractivity contribution in [3.05, 3.63) is 59.2 Å². The molecule has 2 aromatic carbocycles. The van der Waals surface area contributed by atoms with E-state index in [0.717, 1.165) is 37.5 Å². The number of aryl methyl sites for hydroxylation is 1. The molecule has 1 amide bonds. The van der Waals surface area contributed by atoms with E-state index < -0.39 is 10.1 Å². The lowest BCUT2D eigenvalue weighted by Gasteiger charge is -2.29. The first kappa shape index (κ1) is 24.7. The van der Waals surface area contributed by atoms with Crippen molar-refractivity contribution in [1.82, 2.24) is 4.90 Å². The number of methoxy groups -OCH3 is 1. The molecule has 0 saturated heterocycles. The first-order chi connectivity index (χ1) is 14.7. The second kappa shape index (κ2) is 11.2. The Hall–Kier alpha value is -2.54. The molecule has 2 rings (SSSR count). The molecule has 1 atom stereocenters. The lowest BCUT2D eigenvalue weighted by Crippen LogP contribution is -2.37. The highest BCUT2D eigenvalue weighted by atomic mass is 32.2. The zero-order chi connectivity index (χ0) is 23.0. The lowest BCUT2D eigenvalue weighted by molar-refractivity contribution is 0.0671. The third kappa shape index (κ3) is 7.28. The molecule has 0 heterocycles. The molecule has 1 unspecified atom stereocenters. The summed E-state index contributed by atoms with van der Waals surface area (Å²) in [5.74, 6) is 0.371. The van der Waals surface area contributed by atoms with Gasteiger partial charge in [-0.2, -0.15) is 8.42 Å². The van der Waals surface area contributed by atoms with E-state index in [1.54, 1.807) is 17.0 Å². The maximum absolute atomic E-state index is 13.3. The number of nitrogens with zero attached hydrogens (tertiary/aromatic N) is 1. The minimum atomic E-state index is -3.71. The molecule has 0 spiro atoms. The van der Waals surface area contributed by atoms with Crippen LogP contribution in [0.3, 0.4) is 0 Å². The van der Waals surface area contributed by atoms with E-state index in [4.69, 9.17) is 8.92 Å². The van der Waals surface area contributed by atoms with Crippen molar-refractivity contribution in [3.63, 3.8) is 0 Å². The van der Waals surface area contributed by atoms with E-state index in [1.165, 1.54) is 12.7 Å². The van der Waals surface area contributed by atoms with Gasteiger partial charge in [0.2, 0.25) is 0 Å². The van der Waals surface area contributed by atoms with Gasteiger partial charge in [-0.25, -0.2) is 0 Å². The quantitative estimate of drug-likeness (QED) is 0.462. The minimum absolute atomic E-state index is 0.00801. The van der Waals surface area contributed by atoms with Crippen molar-refractivity contribution >= 4 is 16.0 Å². The molecule has 2 aromatic rings. The maximum Gasteiger partial charge on any atom is 0.306 e. The first-order valence-corrected chi connectivity index (χ1v) is 12.5. The van der Waals surface area contributed by atoms with Crippen LogP contribution in [0.15, 0.2) is 42.5 Å². The van der Waals surface area contributed by atoms with Crippen LogP contribution >= 0.6 is 0 Å². The summed E-state index contributed by atoms with van der Waals surface area (Å²) in [6.07, 6.45) is 5.05. The predicted octanol–water partition coefficient (Wildman–Crippen LogP) is 4.82. The Bertz CT molecular complexity index is 970. The van der Waals surface area contributed by atoms with E-state index in [2.05, 4.69) is 6.92 Å². The van der Waals surface area contributed by atoms with Crippen molar-refractivity contribution in [3.8, 4) is 11.5 Å². The predicted molar refractivity (Wildman–Crippen MR) is 123 cm³/mol. The van der Waals surface area contributed by atoms with Gasteiger partial charge >= 0.3 is 10.1 Å². The van der Waals surface area contributed by atoms with Gasteiger partial charge in [0, 0.05) is 18.2 Å². The van der Waals surface area contributed by atoms with E-state index >= 15 is 0 Å². The van der Waals surface area contributed by atoms with Gasteiger partial charge in [-0.3, -0.25) is 4.79 Å². The maximum atomic E-state index is 13.3. The molecule has 7 heteroatoms. The molecule has 6 nitrogen and oxygen atoms in total. The normalized spacial score (nSPS) is 12.3. The lowest BCUT2D eigenvalue weighted by atomic mass is 10.0. The van der Waals surface area contributed by atoms with Crippen molar-refractivity contribution in [2.75, 3.05) is 13.4 Å². The SMILES string of the molecule is CCCCc1ccc(C(=O)N(Cc2ccc(OC)c(OS(C)(=O)=O)c2)C(C)CC)cc1. The molecule has 0 saturated carbocycles. The Morgan fingerprint density at radius 3 is 2.23 bits per heavy atom. The van der Waals surface area contributed by atoms with Crippen LogP contribution in [0.2, 0.25) is 0 Å². The third-order valence-electron chi connectivity index (χ3n) is 5.23. The van der Waals surface area contributed by atoms with Crippen LogP contribution < -0.4 is 8.92 Å². The van der Waals surface area contributed by atoms with Gasteiger partial charge in [-0.05, 0) is 61.6 Å². The Kier molecular flexibility index (Phi) is 8.92. The molecule has 31 heavy (non-hydrogen) atoms. The fourth-order valence-corrected chi connectivity index (χ4v) is 3.71. The van der Waals surface area contributed by atoms with E-state index in [1.807, 2.05) is 44.2 Å². The van der Waals surface area contributed by atoms with Crippen LogP contribution in [0, 0.1) is 0 Å². The van der Waals surface area contributed by atoms with Crippen LogP contribution in [-0.2, 0) is 23.1 Å². The molecule has 0 aliphatic heterocycles. The van der Waals surface area contributed by atoms with Gasteiger partial charge in [0.1, 0.15) is 0 Å². The second-order valence-electron chi connectivity index (χ2n) is 7.76. The largest absolute Gasteiger partial charge is 0.493 e. The number of carbonyl (C=O) groups is 1. The number of rotatable bonds is 11. The number of hydrogen-bond donors (Lipinski definition) is 0. The number of unbranched alkanes of at least 4 members (excludes halogenated alkanes) is 1. The van der Waals surface area contributed by atoms with Crippen LogP contribution in [0.25, 0.3) is 0 Å². The smallest absolute Gasteiger partial charge is 0.306 e. The fourth-order valence-electron chi connectivity index (χ4n) is 3.25. The monoisotopic (exact) mass is 447 g/mol. The summed E-state index contributed by atoms with van der Waals surface area (Å²) in [5.41, 5.74) is 2.63. The number of hydrogen-bond acceptors (Lipinski definition) is 5. The minimum Gasteiger partial charge on any atom is -0.493 e. The molecule has 0 aliphatic rings. The molecule has 0 bridgehead atoms. The van der Waals surface area contributed by atoms with Crippen LogP contribution in [-0.4, -0.2) is 38.6 Å². The van der Waals surface area contributed by atoms with Gasteiger partial charge in [0.05, 0.1) is 13.4 Å². The standard InChI is InChI=1S/C24H33NO5S/c1-6-8-9-19-10-13-21(14-11-19)24(26)25(18(3)7-2)17-20-12-15-22(29-4)23(16-20)30-31(5,27)28/h10-16,18H,6-9,17H2,1-5H3. The van der Waals surface area contributed by atoms with Gasteiger partial charge in [0.15, 0.2) is 11.5 Å². The Balaban J connectivity index is 2.29. The van der Waals surface area contributed by atoms with Crippen molar-refractivity contribution in [2.45, 2.75) is 59.0 Å². The second-order valence-corrected chi connectivity index (χ2v) is 9.34. The number of carbonyl (C=O) groups excluding carboxylic acids is 1. The van der Waals surface area contributed by atoms with Crippen LogP contribution in [0.4, 0.5) is 0 Å². The summed E-state index contributed by atoms with van der Waals surface area (Å²) in [6, 6.07) is 12.9. The summed E-state index contributed by atoms with van der Waals surface area (Å²) in [5, 5.41) is 0. The number of amides is 1. The molecule has 0 radical (unpaired) electrons. The van der Waals surface area contributed by atoms with Crippen molar-refractivity contribution in [1.29, 1.82) is 0 Å². The third-order valence-corrected chi connectivity index (χ3v) is 5.71. The molecule has 0 fully saturated rings. The van der Waals surface area contributed by atoms with E-state index in [0.29, 0.717) is 17.9 Å². The highest BCUT2D eigenvalue weighted by Gasteiger charge is 2.22. The highest BCUT2D eigenvalue weighted by molar-refractivity contribution is 7.86. The van der Waals surface area contributed by atoms with Crippen molar-refractivity contribution < 1.29 is 22.1 Å². The highest BCUT2D eigenvalue weighted by Crippen LogP contribution is 2.30. The van der Waals surface area contributed by atoms with Gasteiger partial charge < -0.3 is 13.8 Å². The topological polar surface area (TPSA) is 72.9 Å². The summed E-state index contributed by atoms with van der Waals surface area (Å²) in [4.78, 5) is 15.1. The summed E-state index contributed by atoms with van der Waals surface area (Å²) in [7, 11) is -2.26. The molecule has 0 aliphatic carbocycles. The Labute approximate surface area is 186 Å². The van der Waals surface area contributed by atoms with Crippen molar-refractivity contribution in [2.24, 2.45) is 0 Å². The van der Waals surface area contributed by atoms with Gasteiger partial charge in [-0.1, -0.05) is 38.5 Å². The molecule has 0 aromatic heterocycles. The zero-order valence-electron chi connectivity index (χ0n) is 19.1. The average Bonchev–Trinajstić information content (AvgIpc) is 2.74. The number of benzene rings is 2. The zero-order valence-corrected chi connectivity index (χ0v) is 19.9. The van der Waals surface area contributed by atoms with Gasteiger partial charge in [-0.15, -0.1) is 0 Å². The van der Waals surface area contributed by atoms with E-state index in [-0.39, 0.29) is 17.7 Å². The molecular weight excluding hydrogens is 414 g/mol. The summed E-state index contributed by atoms with van der Waals surface area (Å²) in [6.45, 7) is 6.53.